The lowest BCUT2D eigenvalue weighted by Crippen LogP contribution is -2.49. The van der Waals surface area contributed by atoms with Gasteiger partial charge in [0.1, 0.15) is 6.10 Å². The Balaban J connectivity index is 1.54. The average Bonchev–Trinajstić information content (AvgIpc) is 3.12. The Kier molecular flexibility index (Phi) is 5.23. The Morgan fingerprint density at radius 1 is 1.17 bits per heavy atom. The maximum atomic E-state index is 13.3. The van der Waals surface area contributed by atoms with E-state index in [-0.39, 0.29) is 11.5 Å². The molecule has 1 aromatic heterocycles. The fourth-order valence-corrected chi connectivity index (χ4v) is 3.46. The highest BCUT2D eigenvalue weighted by Crippen LogP contribution is 2.20. The van der Waals surface area contributed by atoms with Crippen molar-refractivity contribution in [3.05, 3.63) is 57.8 Å². The first-order valence-electron chi connectivity index (χ1n) is 7.73. The number of amides is 1. The largest absolute Gasteiger partial charge is 0.386 e. The van der Waals surface area contributed by atoms with Gasteiger partial charge in [-0.1, -0.05) is 6.07 Å². The SMILES string of the molecule is O=C(c1ccc(F)c(F)c1)N1CCN(C[C@H](O)c2cccs2)CC1. The standard InChI is InChI=1S/C17H18F2N2O2S/c18-13-4-3-12(10-14(13)19)17(23)21-7-5-20(6-8-21)11-15(22)16-2-1-9-24-16/h1-4,9-10,15,22H,5-8,11H2/t15-/m0/s1. The summed E-state index contributed by atoms with van der Waals surface area (Å²) in [5.74, 6) is -2.27. The number of hydrogen-bond acceptors (Lipinski definition) is 4. The van der Waals surface area contributed by atoms with E-state index in [1.54, 1.807) is 4.90 Å². The van der Waals surface area contributed by atoms with Crippen molar-refractivity contribution in [3.8, 4) is 0 Å². The van der Waals surface area contributed by atoms with E-state index >= 15 is 0 Å². The van der Waals surface area contributed by atoms with Gasteiger partial charge in [-0.05, 0) is 29.6 Å². The summed E-state index contributed by atoms with van der Waals surface area (Å²) in [6.45, 7) is 2.79. The lowest BCUT2D eigenvalue weighted by Gasteiger charge is -2.35. The predicted molar refractivity (Wildman–Crippen MR) is 88.0 cm³/mol. The van der Waals surface area contributed by atoms with Gasteiger partial charge in [-0.25, -0.2) is 8.78 Å². The molecule has 0 unspecified atom stereocenters. The van der Waals surface area contributed by atoms with Crippen molar-refractivity contribution in [1.82, 2.24) is 9.80 Å². The second kappa shape index (κ2) is 7.38. The van der Waals surface area contributed by atoms with Crippen LogP contribution >= 0.6 is 11.3 Å². The lowest BCUT2D eigenvalue weighted by molar-refractivity contribution is 0.0532. The molecule has 1 atom stereocenters. The molecule has 0 bridgehead atoms. The number of β-amino-alcohol motifs (C(OH)–C–C–N with tert-alkyl or cyclic N) is 1. The number of carbonyl (C=O) groups excluding carboxylic acids is 1. The Labute approximate surface area is 142 Å². The van der Waals surface area contributed by atoms with E-state index in [0.717, 1.165) is 17.0 Å². The predicted octanol–water partition coefficient (Wildman–Crippen LogP) is 2.52. The summed E-state index contributed by atoms with van der Waals surface area (Å²) in [5, 5.41) is 12.1. The molecule has 3 rings (SSSR count). The van der Waals surface area contributed by atoms with Crippen LogP contribution in [0.5, 0.6) is 0 Å². The number of thiophene rings is 1. The van der Waals surface area contributed by atoms with Gasteiger partial charge in [0.25, 0.3) is 5.91 Å². The number of hydrogen-bond donors (Lipinski definition) is 1. The minimum Gasteiger partial charge on any atom is -0.386 e. The first kappa shape index (κ1) is 17.0. The van der Waals surface area contributed by atoms with Gasteiger partial charge in [-0.3, -0.25) is 9.69 Å². The number of nitrogens with zero attached hydrogens (tertiary/aromatic N) is 2. The third-order valence-electron chi connectivity index (χ3n) is 4.13. The van der Waals surface area contributed by atoms with Crippen molar-refractivity contribution in [3.63, 3.8) is 0 Å². The summed E-state index contributed by atoms with van der Waals surface area (Å²) in [7, 11) is 0. The molecule has 0 aliphatic carbocycles. The average molecular weight is 352 g/mol. The molecule has 1 N–H and O–H groups in total. The molecule has 1 amide bonds. The monoisotopic (exact) mass is 352 g/mol. The molecule has 128 valence electrons. The van der Waals surface area contributed by atoms with E-state index < -0.39 is 17.7 Å². The third kappa shape index (κ3) is 3.80. The summed E-state index contributed by atoms with van der Waals surface area (Å²) in [6.07, 6.45) is -0.529. The summed E-state index contributed by atoms with van der Waals surface area (Å²) in [4.78, 5) is 17.0. The van der Waals surface area contributed by atoms with Gasteiger partial charge >= 0.3 is 0 Å². The molecule has 0 radical (unpaired) electrons. The van der Waals surface area contributed by atoms with Gasteiger partial charge in [0.15, 0.2) is 11.6 Å². The Morgan fingerprint density at radius 3 is 2.54 bits per heavy atom. The maximum Gasteiger partial charge on any atom is 0.254 e. The molecule has 1 aliphatic heterocycles. The van der Waals surface area contributed by atoms with Crippen LogP contribution in [0.25, 0.3) is 0 Å². The number of benzene rings is 1. The Hall–Kier alpha value is -1.83. The number of carbonyl (C=O) groups is 1. The van der Waals surface area contributed by atoms with Crippen LogP contribution in [0.2, 0.25) is 0 Å². The van der Waals surface area contributed by atoms with Crippen molar-refractivity contribution in [2.45, 2.75) is 6.10 Å². The van der Waals surface area contributed by atoms with Gasteiger partial charge in [0, 0.05) is 43.2 Å². The molecule has 7 heteroatoms. The normalized spacial score (nSPS) is 17.0. The smallest absolute Gasteiger partial charge is 0.254 e. The van der Waals surface area contributed by atoms with Crippen LogP contribution in [-0.4, -0.2) is 53.5 Å². The zero-order valence-electron chi connectivity index (χ0n) is 13.0. The van der Waals surface area contributed by atoms with Crippen LogP contribution in [0.1, 0.15) is 21.3 Å². The van der Waals surface area contributed by atoms with E-state index in [0.29, 0.717) is 32.7 Å². The summed E-state index contributed by atoms with van der Waals surface area (Å²) < 4.78 is 26.2. The lowest BCUT2D eigenvalue weighted by atomic mass is 10.1. The summed E-state index contributed by atoms with van der Waals surface area (Å²) >= 11 is 1.52. The van der Waals surface area contributed by atoms with Gasteiger partial charge in [0.2, 0.25) is 0 Å². The molecule has 1 fully saturated rings. The molecular weight excluding hydrogens is 334 g/mol. The number of aliphatic hydroxyl groups excluding tert-OH is 1. The maximum absolute atomic E-state index is 13.3. The second-order valence-corrected chi connectivity index (χ2v) is 6.73. The minimum absolute atomic E-state index is 0.154. The second-order valence-electron chi connectivity index (χ2n) is 5.75. The number of rotatable bonds is 4. The summed E-state index contributed by atoms with van der Waals surface area (Å²) in [6, 6.07) is 7.01. The molecule has 2 heterocycles. The molecule has 24 heavy (non-hydrogen) atoms. The third-order valence-corrected chi connectivity index (χ3v) is 5.10. The zero-order chi connectivity index (χ0) is 17.1. The highest BCUT2D eigenvalue weighted by molar-refractivity contribution is 7.10. The van der Waals surface area contributed by atoms with E-state index in [2.05, 4.69) is 4.90 Å². The Morgan fingerprint density at radius 2 is 1.92 bits per heavy atom. The summed E-state index contributed by atoms with van der Waals surface area (Å²) in [5.41, 5.74) is 0.154. The highest BCUT2D eigenvalue weighted by atomic mass is 32.1. The van der Waals surface area contributed by atoms with Gasteiger partial charge in [0.05, 0.1) is 0 Å². The van der Waals surface area contributed by atoms with E-state index in [1.165, 1.54) is 17.4 Å². The highest BCUT2D eigenvalue weighted by Gasteiger charge is 2.24. The topological polar surface area (TPSA) is 43.8 Å². The van der Waals surface area contributed by atoms with Crippen molar-refractivity contribution in [2.24, 2.45) is 0 Å². The number of halogens is 2. The van der Waals surface area contributed by atoms with Gasteiger partial charge < -0.3 is 10.0 Å². The first-order chi connectivity index (χ1) is 11.5. The van der Waals surface area contributed by atoms with Crippen molar-refractivity contribution < 1.29 is 18.7 Å². The minimum atomic E-state index is -1.02. The van der Waals surface area contributed by atoms with E-state index in [4.69, 9.17) is 0 Å². The molecule has 1 aromatic carbocycles. The molecule has 0 saturated carbocycles. The molecule has 1 saturated heterocycles. The fourth-order valence-electron chi connectivity index (χ4n) is 2.76. The fraction of sp³-hybridized carbons (Fsp3) is 0.353. The zero-order valence-corrected chi connectivity index (χ0v) is 13.8. The molecule has 4 nitrogen and oxygen atoms in total. The van der Waals surface area contributed by atoms with Crippen LogP contribution in [0, 0.1) is 11.6 Å². The van der Waals surface area contributed by atoms with Crippen LogP contribution in [0.3, 0.4) is 0 Å². The quantitative estimate of drug-likeness (QED) is 0.920. The van der Waals surface area contributed by atoms with Crippen LogP contribution in [0.4, 0.5) is 8.78 Å². The van der Waals surface area contributed by atoms with Crippen LogP contribution < -0.4 is 0 Å². The number of piperazine rings is 1. The Bertz CT molecular complexity index is 701. The van der Waals surface area contributed by atoms with Crippen LogP contribution in [-0.2, 0) is 0 Å². The van der Waals surface area contributed by atoms with Gasteiger partial charge in [-0.2, -0.15) is 0 Å². The first-order valence-corrected chi connectivity index (χ1v) is 8.60. The molecular formula is C17H18F2N2O2S. The van der Waals surface area contributed by atoms with Gasteiger partial charge in [-0.15, -0.1) is 11.3 Å². The van der Waals surface area contributed by atoms with Crippen molar-refractivity contribution in [1.29, 1.82) is 0 Å². The van der Waals surface area contributed by atoms with Crippen molar-refractivity contribution >= 4 is 17.2 Å². The molecule has 0 spiro atoms. The number of aliphatic hydroxyl groups is 1. The van der Waals surface area contributed by atoms with E-state index in [9.17, 15) is 18.7 Å². The van der Waals surface area contributed by atoms with Crippen LogP contribution in [0.15, 0.2) is 35.7 Å². The molecule has 2 aromatic rings. The molecule has 1 aliphatic rings. The van der Waals surface area contributed by atoms with E-state index in [1.807, 2.05) is 17.5 Å². The van der Waals surface area contributed by atoms with Crippen molar-refractivity contribution in [2.75, 3.05) is 32.7 Å².